The maximum Gasteiger partial charge on any atom is 0.106 e. The minimum Gasteiger partial charge on any atom is -0.368 e. The van der Waals surface area contributed by atoms with E-state index in [-0.39, 0.29) is 0 Å². The van der Waals surface area contributed by atoms with Gasteiger partial charge in [-0.2, -0.15) is 0 Å². The Bertz CT molecular complexity index is 351. The van der Waals surface area contributed by atoms with Gasteiger partial charge in [-0.1, -0.05) is 25.1 Å². The van der Waals surface area contributed by atoms with Crippen LogP contribution < -0.4 is 0 Å². The standard InChI is InChI=1S/C12H14O2/c1-2-8-3-4-9(11-6-13-11)5-10(8)12-7-14-12/h3-5,11-12H,2,6-7H2,1H3. The topological polar surface area (TPSA) is 25.1 Å². The van der Waals surface area contributed by atoms with Gasteiger partial charge in [-0.3, -0.25) is 0 Å². The van der Waals surface area contributed by atoms with Gasteiger partial charge >= 0.3 is 0 Å². The van der Waals surface area contributed by atoms with Crippen molar-refractivity contribution in [1.29, 1.82) is 0 Å². The fraction of sp³-hybridized carbons (Fsp3) is 0.500. The molecule has 0 amide bonds. The van der Waals surface area contributed by atoms with Crippen LogP contribution in [0.4, 0.5) is 0 Å². The van der Waals surface area contributed by atoms with Crippen LogP contribution in [0.15, 0.2) is 18.2 Å². The van der Waals surface area contributed by atoms with Gasteiger partial charge < -0.3 is 9.47 Å². The number of rotatable bonds is 3. The van der Waals surface area contributed by atoms with Crippen LogP contribution in [0.25, 0.3) is 0 Å². The van der Waals surface area contributed by atoms with Crippen molar-refractivity contribution in [2.24, 2.45) is 0 Å². The van der Waals surface area contributed by atoms with E-state index in [4.69, 9.17) is 9.47 Å². The molecule has 0 aliphatic carbocycles. The lowest BCUT2D eigenvalue weighted by molar-refractivity contribution is 0.410. The van der Waals surface area contributed by atoms with E-state index in [2.05, 4.69) is 25.1 Å². The Morgan fingerprint density at radius 2 is 1.93 bits per heavy atom. The molecule has 2 heteroatoms. The zero-order chi connectivity index (χ0) is 9.54. The molecule has 1 aromatic rings. The van der Waals surface area contributed by atoms with Gasteiger partial charge in [0.25, 0.3) is 0 Å². The van der Waals surface area contributed by atoms with Crippen LogP contribution in [0.2, 0.25) is 0 Å². The van der Waals surface area contributed by atoms with Crippen LogP contribution >= 0.6 is 0 Å². The quantitative estimate of drug-likeness (QED) is 0.684. The van der Waals surface area contributed by atoms with Gasteiger partial charge in [-0.15, -0.1) is 0 Å². The average molecular weight is 190 g/mol. The normalized spacial score (nSPS) is 28.9. The van der Waals surface area contributed by atoms with Crippen molar-refractivity contribution in [2.75, 3.05) is 13.2 Å². The van der Waals surface area contributed by atoms with Gasteiger partial charge in [0.1, 0.15) is 12.2 Å². The molecule has 2 aliphatic heterocycles. The molecule has 2 atom stereocenters. The number of aryl methyl sites for hydroxylation is 1. The molecule has 1 aromatic carbocycles. The lowest BCUT2D eigenvalue weighted by atomic mass is 9.98. The summed E-state index contributed by atoms with van der Waals surface area (Å²) in [5, 5.41) is 0. The molecule has 0 radical (unpaired) electrons. The highest BCUT2D eigenvalue weighted by atomic mass is 16.6. The SMILES string of the molecule is CCc1ccc(C2CO2)cc1C1CO1. The third-order valence-electron chi connectivity index (χ3n) is 2.94. The van der Waals surface area contributed by atoms with E-state index in [1.807, 2.05) is 0 Å². The third kappa shape index (κ3) is 1.45. The number of hydrogen-bond donors (Lipinski definition) is 0. The number of epoxide rings is 2. The Hall–Kier alpha value is -0.860. The Morgan fingerprint density at radius 3 is 2.50 bits per heavy atom. The van der Waals surface area contributed by atoms with Gasteiger partial charge in [0.05, 0.1) is 13.2 Å². The molecular weight excluding hydrogens is 176 g/mol. The molecule has 2 fully saturated rings. The largest absolute Gasteiger partial charge is 0.368 e. The highest BCUT2D eigenvalue weighted by Crippen LogP contribution is 2.37. The van der Waals surface area contributed by atoms with E-state index in [9.17, 15) is 0 Å². The summed E-state index contributed by atoms with van der Waals surface area (Å²) in [4.78, 5) is 0. The predicted molar refractivity (Wildman–Crippen MR) is 53.2 cm³/mol. The highest BCUT2D eigenvalue weighted by Gasteiger charge is 2.30. The molecule has 2 heterocycles. The van der Waals surface area contributed by atoms with E-state index in [1.54, 1.807) is 0 Å². The fourth-order valence-corrected chi connectivity index (χ4v) is 1.90. The van der Waals surface area contributed by atoms with Crippen molar-refractivity contribution in [3.8, 4) is 0 Å². The number of hydrogen-bond acceptors (Lipinski definition) is 2. The molecule has 0 N–H and O–H groups in total. The Labute approximate surface area is 83.8 Å². The van der Waals surface area contributed by atoms with Crippen molar-refractivity contribution in [3.63, 3.8) is 0 Å². The summed E-state index contributed by atoms with van der Waals surface area (Å²) in [6, 6.07) is 6.66. The zero-order valence-electron chi connectivity index (χ0n) is 8.32. The summed E-state index contributed by atoms with van der Waals surface area (Å²) in [6.07, 6.45) is 1.81. The van der Waals surface area contributed by atoms with Crippen LogP contribution in [0.3, 0.4) is 0 Å². The maximum atomic E-state index is 5.35. The van der Waals surface area contributed by atoms with E-state index in [1.165, 1.54) is 16.7 Å². The number of benzene rings is 1. The molecule has 2 unspecified atom stereocenters. The van der Waals surface area contributed by atoms with Gasteiger partial charge in [-0.25, -0.2) is 0 Å². The third-order valence-corrected chi connectivity index (χ3v) is 2.94. The molecule has 0 saturated carbocycles. The first-order valence-corrected chi connectivity index (χ1v) is 5.24. The first-order chi connectivity index (χ1) is 6.88. The van der Waals surface area contributed by atoms with E-state index < -0.39 is 0 Å². The Balaban J connectivity index is 1.98. The van der Waals surface area contributed by atoms with E-state index in [0.29, 0.717) is 12.2 Å². The molecule has 74 valence electrons. The molecule has 2 nitrogen and oxygen atoms in total. The maximum absolute atomic E-state index is 5.35. The summed E-state index contributed by atoms with van der Waals surface area (Å²) in [5.41, 5.74) is 4.10. The van der Waals surface area contributed by atoms with Crippen molar-refractivity contribution in [1.82, 2.24) is 0 Å². The second-order valence-corrected chi connectivity index (χ2v) is 3.96. The Kier molecular flexibility index (Phi) is 1.85. The first-order valence-electron chi connectivity index (χ1n) is 5.24. The summed E-state index contributed by atoms with van der Waals surface area (Å²) in [6.45, 7) is 3.97. The molecular formula is C12H14O2. The lowest BCUT2D eigenvalue weighted by Crippen LogP contribution is -1.93. The highest BCUT2D eigenvalue weighted by molar-refractivity contribution is 5.37. The van der Waals surface area contributed by atoms with Gasteiger partial charge in [-0.05, 0) is 23.1 Å². The monoisotopic (exact) mass is 190 g/mol. The van der Waals surface area contributed by atoms with Crippen molar-refractivity contribution in [2.45, 2.75) is 25.6 Å². The van der Waals surface area contributed by atoms with Crippen LogP contribution in [-0.2, 0) is 15.9 Å². The summed E-state index contributed by atoms with van der Waals surface area (Å²) in [5.74, 6) is 0. The molecule has 0 spiro atoms. The van der Waals surface area contributed by atoms with Gasteiger partial charge in [0.15, 0.2) is 0 Å². The molecule has 0 bridgehead atoms. The van der Waals surface area contributed by atoms with Crippen molar-refractivity contribution >= 4 is 0 Å². The molecule has 14 heavy (non-hydrogen) atoms. The lowest BCUT2D eigenvalue weighted by Gasteiger charge is -2.06. The van der Waals surface area contributed by atoms with E-state index in [0.717, 1.165) is 19.6 Å². The number of ether oxygens (including phenoxy) is 2. The molecule has 2 saturated heterocycles. The van der Waals surface area contributed by atoms with Crippen molar-refractivity contribution < 1.29 is 9.47 Å². The van der Waals surface area contributed by atoms with Crippen molar-refractivity contribution in [3.05, 3.63) is 34.9 Å². The first kappa shape index (κ1) is 8.45. The summed E-state index contributed by atoms with van der Waals surface area (Å²) < 4.78 is 10.6. The average Bonchev–Trinajstić information content (AvgIpc) is 3.05. The second-order valence-electron chi connectivity index (χ2n) is 3.96. The summed E-state index contributed by atoms with van der Waals surface area (Å²) >= 11 is 0. The second kappa shape index (κ2) is 3.07. The minimum absolute atomic E-state index is 0.360. The molecule has 3 rings (SSSR count). The van der Waals surface area contributed by atoms with E-state index >= 15 is 0 Å². The zero-order valence-corrected chi connectivity index (χ0v) is 8.32. The Morgan fingerprint density at radius 1 is 1.21 bits per heavy atom. The fourth-order valence-electron chi connectivity index (χ4n) is 1.90. The van der Waals surface area contributed by atoms with Crippen LogP contribution in [0, 0.1) is 0 Å². The van der Waals surface area contributed by atoms with Crippen LogP contribution in [0.5, 0.6) is 0 Å². The van der Waals surface area contributed by atoms with Crippen LogP contribution in [0.1, 0.15) is 35.8 Å². The van der Waals surface area contributed by atoms with Crippen LogP contribution in [-0.4, -0.2) is 13.2 Å². The summed E-state index contributed by atoms with van der Waals surface area (Å²) in [7, 11) is 0. The van der Waals surface area contributed by atoms with Gasteiger partial charge in [0, 0.05) is 0 Å². The smallest absolute Gasteiger partial charge is 0.106 e. The minimum atomic E-state index is 0.360. The molecule has 0 aromatic heterocycles. The van der Waals surface area contributed by atoms with Gasteiger partial charge in [0.2, 0.25) is 0 Å². The predicted octanol–water partition coefficient (Wildman–Crippen LogP) is 2.39. The molecule has 2 aliphatic rings.